The smallest absolute Gasteiger partial charge is 0.343 e. The van der Waals surface area contributed by atoms with Crippen LogP contribution in [0.1, 0.15) is 36.6 Å². The lowest BCUT2D eigenvalue weighted by Gasteiger charge is -2.14. The first-order chi connectivity index (χ1) is 22.2. The number of ether oxygens (including phenoxy) is 5. The molecule has 14 nitrogen and oxygen atoms in total. The molecule has 236 valence electrons. The summed E-state index contributed by atoms with van der Waals surface area (Å²) in [6, 6.07) is 18.8. The largest absolute Gasteiger partial charge is 0.497 e. The van der Waals surface area contributed by atoms with Gasteiger partial charge in [-0.2, -0.15) is 5.10 Å². The Balaban J connectivity index is 1.44. The molecule has 0 radical (unpaired) electrons. The second kappa shape index (κ2) is 14.8. The van der Waals surface area contributed by atoms with Gasteiger partial charge in [0.15, 0.2) is 11.5 Å². The first kappa shape index (κ1) is 32.5. The van der Waals surface area contributed by atoms with Gasteiger partial charge in [-0.05, 0) is 60.7 Å². The van der Waals surface area contributed by atoms with Crippen LogP contribution in [0.25, 0.3) is 0 Å². The summed E-state index contributed by atoms with van der Waals surface area (Å²) in [6.07, 6.45) is 1.12. The lowest BCUT2D eigenvalue weighted by molar-refractivity contribution is -0.384. The van der Waals surface area contributed by atoms with E-state index < -0.39 is 22.7 Å². The fraction of sp³-hybridized carbons (Fsp3) is 0.125. The Labute approximate surface area is 262 Å². The number of amides is 2. The minimum Gasteiger partial charge on any atom is -0.497 e. The van der Waals surface area contributed by atoms with E-state index in [1.54, 1.807) is 12.1 Å². The number of hydrogen-bond acceptors (Lipinski definition) is 11. The van der Waals surface area contributed by atoms with E-state index in [1.165, 1.54) is 89.1 Å². The van der Waals surface area contributed by atoms with Crippen molar-refractivity contribution in [3.8, 4) is 28.7 Å². The van der Waals surface area contributed by atoms with Gasteiger partial charge in [-0.3, -0.25) is 19.7 Å². The van der Waals surface area contributed by atoms with Crippen molar-refractivity contribution in [3.05, 3.63) is 111 Å². The van der Waals surface area contributed by atoms with Gasteiger partial charge in [0, 0.05) is 34.5 Å². The molecule has 4 rings (SSSR count). The number of anilines is 1. The molecule has 0 bridgehead atoms. The molecular formula is C32H28N4O10. The Bertz CT molecular complexity index is 1780. The van der Waals surface area contributed by atoms with Crippen molar-refractivity contribution in [1.29, 1.82) is 0 Å². The Hall–Kier alpha value is -6.44. The molecule has 0 atom stereocenters. The predicted octanol–water partition coefficient (Wildman–Crippen LogP) is 4.86. The van der Waals surface area contributed by atoms with Gasteiger partial charge in [0.05, 0.1) is 45.1 Å². The van der Waals surface area contributed by atoms with Crippen molar-refractivity contribution >= 4 is 35.4 Å². The number of nitro groups is 1. The fourth-order valence-electron chi connectivity index (χ4n) is 4.10. The molecule has 0 heterocycles. The highest BCUT2D eigenvalue weighted by Gasteiger charge is 2.18. The number of hydrazone groups is 1. The number of non-ortho nitro benzene ring substituents is 1. The number of carbonyl (C=O) groups excluding carboxylic acids is 3. The quantitative estimate of drug-likeness (QED) is 0.0724. The first-order valence-electron chi connectivity index (χ1n) is 13.4. The minimum absolute atomic E-state index is 0.0244. The van der Waals surface area contributed by atoms with Crippen molar-refractivity contribution in [2.45, 2.75) is 0 Å². The maximum atomic E-state index is 12.9. The average molecular weight is 629 g/mol. The topological polar surface area (TPSA) is 177 Å². The molecule has 46 heavy (non-hydrogen) atoms. The van der Waals surface area contributed by atoms with E-state index in [1.807, 2.05) is 0 Å². The molecule has 0 fully saturated rings. The van der Waals surface area contributed by atoms with Crippen molar-refractivity contribution in [3.63, 3.8) is 0 Å². The Morgan fingerprint density at radius 3 is 2.04 bits per heavy atom. The molecule has 2 N–H and O–H groups in total. The molecule has 2 amide bonds. The molecule has 0 unspecified atom stereocenters. The number of methoxy groups -OCH3 is 4. The SMILES string of the molecule is COc1cccc(C(=O)Oc2ccc([N+](=O)[O-])cc2/C=N/NC(=O)c2ccc(NC(=O)c3cc(OC)c(OC)c(OC)c3)cc2)c1. The first-order valence-corrected chi connectivity index (χ1v) is 13.4. The van der Waals surface area contributed by atoms with Crippen LogP contribution in [0.3, 0.4) is 0 Å². The van der Waals surface area contributed by atoms with Gasteiger partial charge in [-0.1, -0.05) is 6.07 Å². The number of esters is 1. The standard InChI is InChI=1S/C32H28N4O10/c1-42-25-7-5-6-20(15-25)32(39)46-26-13-12-24(36(40)41)14-22(26)18-33-35-31(38)19-8-10-23(11-9-19)34-30(37)21-16-27(43-2)29(45-4)28(17-21)44-3/h5-18H,1-4H3,(H,34,37)(H,35,38)/b33-18+. The van der Waals surface area contributed by atoms with Crippen molar-refractivity contribution in [2.24, 2.45) is 5.10 Å². The van der Waals surface area contributed by atoms with Crippen LogP contribution in [-0.4, -0.2) is 57.4 Å². The van der Waals surface area contributed by atoms with Crippen molar-refractivity contribution < 1.29 is 43.0 Å². The lowest BCUT2D eigenvalue weighted by Crippen LogP contribution is -2.18. The number of nitrogens with one attached hydrogen (secondary N) is 2. The molecule has 4 aromatic carbocycles. The molecule has 0 aliphatic carbocycles. The molecule has 4 aromatic rings. The maximum absolute atomic E-state index is 12.9. The Kier molecular flexibility index (Phi) is 10.5. The molecule has 0 aliphatic heterocycles. The van der Waals surface area contributed by atoms with Gasteiger partial charge in [-0.25, -0.2) is 10.2 Å². The van der Waals surface area contributed by atoms with E-state index in [0.29, 0.717) is 28.7 Å². The van der Waals surface area contributed by atoms with E-state index in [2.05, 4.69) is 15.8 Å². The van der Waals surface area contributed by atoms with Crippen LogP contribution in [-0.2, 0) is 0 Å². The molecular weight excluding hydrogens is 600 g/mol. The highest BCUT2D eigenvalue weighted by Crippen LogP contribution is 2.38. The zero-order valence-electron chi connectivity index (χ0n) is 25.1. The monoisotopic (exact) mass is 628 g/mol. The number of nitrogens with zero attached hydrogens (tertiary/aromatic N) is 2. The molecule has 0 spiro atoms. The summed E-state index contributed by atoms with van der Waals surface area (Å²) in [6.45, 7) is 0. The zero-order chi connectivity index (χ0) is 33.2. The third-order valence-electron chi connectivity index (χ3n) is 6.41. The lowest BCUT2D eigenvalue weighted by atomic mass is 10.1. The van der Waals surface area contributed by atoms with E-state index in [0.717, 1.165) is 12.3 Å². The third kappa shape index (κ3) is 7.74. The van der Waals surface area contributed by atoms with Crippen molar-refractivity contribution in [2.75, 3.05) is 33.8 Å². The number of benzene rings is 4. The van der Waals surface area contributed by atoms with Crippen LogP contribution < -0.4 is 34.4 Å². The molecule has 0 aromatic heterocycles. The Morgan fingerprint density at radius 1 is 0.739 bits per heavy atom. The molecule has 0 saturated heterocycles. The van der Waals surface area contributed by atoms with E-state index in [9.17, 15) is 24.5 Å². The van der Waals surface area contributed by atoms with Crippen LogP contribution in [0.4, 0.5) is 11.4 Å². The summed E-state index contributed by atoms with van der Waals surface area (Å²) in [4.78, 5) is 49.0. The van der Waals surface area contributed by atoms with Gasteiger partial charge in [-0.15, -0.1) is 0 Å². The van der Waals surface area contributed by atoms with E-state index in [-0.39, 0.29) is 33.7 Å². The number of nitro benzene ring substituents is 1. The van der Waals surface area contributed by atoms with Crippen LogP contribution in [0.2, 0.25) is 0 Å². The van der Waals surface area contributed by atoms with Crippen LogP contribution in [0, 0.1) is 10.1 Å². The number of carbonyl (C=O) groups is 3. The zero-order valence-corrected chi connectivity index (χ0v) is 25.1. The summed E-state index contributed by atoms with van der Waals surface area (Å²) >= 11 is 0. The third-order valence-corrected chi connectivity index (χ3v) is 6.41. The maximum Gasteiger partial charge on any atom is 0.343 e. The van der Waals surface area contributed by atoms with Gasteiger partial charge in [0.25, 0.3) is 17.5 Å². The Morgan fingerprint density at radius 2 is 1.43 bits per heavy atom. The summed E-state index contributed by atoms with van der Waals surface area (Å²) in [5.41, 5.74) is 3.15. The van der Waals surface area contributed by atoms with Crippen LogP contribution in [0.5, 0.6) is 28.7 Å². The van der Waals surface area contributed by atoms with Gasteiger partial charge in [0.1, 0.15) is 11.5 Å². The number of rotatable bonds is 12. The molecule has 0 aliphatic rings. The molecule has 14 heteroatoms. The fourth-order valence-corrected chi connectivity index (χ4v) is 4.10. The predicted molar refractivity (Wildman–Crippen MR) is 167 cm³/mol. The molecule has 0 saturated carbocycles. The van der Waals surface area contributed by atoms with Crippen LogP contribution >= 0.6 is 0 Å². The normalized spacial score (nSPS) is 10.5. The number of hydrogen-bond donors (Lipinski definition) is 2. The summed E-state index contributed by atoms with van der Waals surface area (Å²) in [5.74, 6) is -0.418. The van der Waals surface area contributed by atoms with Crippen molar-refractivity contribution in [1.82, 2.24) is 5.43 Å². The van der Waals surface area contributed by atoms with E-state index >= 15 is 0 Å². The average Bonchev–Trinajstić information content (AvgIpc) is 3.08. The minimum atomic E-state index is -0.733. The second-order valence-electron chi connectivity index (χ2n) is 9.25. The van der Waals surface area contributed by atoms with Gasteiger partial charge < -0.3 is 29.0 Å². The second-order valence-corrected chi connectivity index (χ2v) is 9.25. The highest BCUT2D eigenvalue weighted by molar-refractivity contribution is 6.05. The van der Waals surface area contributed by atoms with Gasteiger partial charge >= 0.3 is 5.97 Å². The van der Waals surface area contributed by atoms with Gasteiger partial charge in [0.2, 0.25) is 5.75 Å². The summed E-state index contributed by atoms with van der Waals surface area (Å²) < 4.78 is 26.4. The van der Waals surface area contributed by atoms with E-state index in [4.69, 9.17) is 23.7 Å². The van der Waals surface area contributed by atoms with Crippen LogP contribution in [0.15, 0.2) is 84.0 Å². The summed E-state index contributed by atoms with van der Waals surface area (Å²) in [7, 11) is 5.79. The summed E-state index contributed by atoms with van der Waals surface area (Å²) in [5, 5.41) is 17.9. The highest BCUT2D eigenvalue weighted by atomic mass is 16.6.